The second-order valence-electron chi connectivity index (χ2n) is 18.3. The maximum absolute atomic E-state index is 17.7. The van der Waals surface area contributed by atoms with Gasteiger partial charge in [-0.05, 0) is 94.4 Å². The normalized spacial score (nSPS) is 33.0. The average molecular weight is 897 g/mol. The Bertz CT molecular complexity index is 2390. The van der Waals surface area contributed by atoms with E-state index in [0.29, 0.717) is 42.0 Å². The van der Waals surface area contributed by atoms with Gasteiger partial charge in [-0.2, -0.15) is 0 Å². The first-order chi connectivity index (χ1) is 30.8. The van der Waals surface area contributed by atoms with Gasteiger partial charge in [0.15, 0.2) is 29.1 Å². The van der Waals surface area contributed by atoms with Crippen molar-refractivity contribution in [3.63, 3.8) is 0 Å². The fraction of sp³-hybridized carbons (Fsp3) is 0.489. The average Bonchev–Trinajstić information content (AvgIpc) is 3.91. The van der Waals surface area contributed by atoms with Crippen LogP contribution in [-0.2, 0) is 49.6 Å². The van der Waals surface area contributed by atoms with Gasteiger partial charge in [0.25, 0.3) is 11.8 Å². The molecule has 4 aliphatic carbocycles. The van der Waals surface area contributed by atoms with Crippen LogP contribution >= 0.6 is 0 Å². The first kappa shape index (κ1) is 45.6. The molecule has 1 aromatic heterocycles. The summed E-state index contributed by atoms with van der Waals surface area (Å²) < 4.78 is 30.8. The molecule has 0 bridgehead atoms. The summed E-state index contributed by atoms with van der Waals surface area (Å²) >= 11 is 0. The number of aliphatic hydroxyl groups is 2. The molecule has 65 heavy (non-hydrogen) atoms. The quantitative estimate of drug-likeness (QED) is 0.150. The van der Waals surface area contributed by atoms with Crippen molar-refractivity contribution in [1.29, 1.82) is 0 Å². The van der Waals surface area contributed by atoms with Crippen LogP contribution in [0.1, 0.15) is 77.2 Å². The summed E-state index contributed by atoms with van der Waals surface area (Å²) in [5.41, 5.74) is -3.51. The third kappa shape index (κ3) is 7.68. The SMILES string of the molecule is C[C@H](NC(=O)CCN1C(=O)C=CC1=O)C(=O)N[C@@H](C)C(=O)Nc1ccc(CNc2ccc([C@@H]3O[C@@H]4C[C@H]5C6CCC7=CC(=O)C=C[C@]7(C)[C@@]6(F)[C@@H](O)C[C@]5(C)[C@]4(C(=O)CO)O3)cn2)cc1. The molecule has 6 aliphatic rings. The van der Waals surface area contributed by atoms with Gasteiger partial charge >= 0.3 is 0 Å². The molecule has 5 amide bonds. The number of halogens is 1. The molecule has 4 fully saturated rings. The minimum absolute atomic E-state index is 0.113. The predicted molar refractivity (Wildman–Crippen MR) is 230 cm³/mol. The minimum Gasteiger partial charge on any atom is -0.390 e. The van der Waals surface area contributed by atoms with E-state index in [1.54, 1.807) is 55.6 Å². The number of pyridine rings is 1. The third-order valence-corrected chi connectivity index (χ3v) is 14.7. The molecule has 1 saturated heterocycles. The number of hydrogen-bond donors (Lipinski definition) is 6. The number of carbonyl (C=O) groups excluding carboxylic acids is 7. The van der Waals surface area contributed by atoms with Gasteiger partial charge in [-0.25, -0.2) is 9.37 Å². The van der Waals surface area contributed by atoms with E-state index < -0.39 is 106 Å². The Labute approximate surface area is 374 Å². The molecular weight excluding hydrogens is 844 g/mol. The zero-order valence-corrected chi connectivity index (χ0v) is 36.5. The Hall–Kier alpha value is -5.95. The van der Waals surface area contributed by atoms with Crippen LogP contribution in [0.4, 0.5) is 15.9 Å². The molecule has 2 aliphatic heterocycles. The first-order valence-electron chi connectivity index (χ1n) is 21.9. The van der Waals surface area contributed by atoms with Crippen molar-refractivity contribution >= 4 is 52.6 Å². The number of nitrogens with zero attached hydrogens (tertiary/aromatic N) is 2. The Morgan fingerprint density at radius 1 is 0.954 bits per heavy atom. The number of nitrogens with one attached hydrogen (secondary N) is 4. The summed E-state index contributed by atoms with van der Waals surface area (Å²) in [5, 5.41) is 33.1. The Morgan fingerprint density at radius 2 is 1.66 bits per heavy atom. The van der Waals surface area contributed by atoms with Gasteiger partial charge in [0, 0.05) is 65.9 Å². The van der Waals surface area contributed by atoms with Crippen molar-refractivity contribution in [3.8, 4) is 0 Å². The van der Waals surface area contributed by atoms with E-state index in [4.69, 9.17) is 9.47 Å². The van der Waals surface area contributed by atoms with Crippen LogP contribution in [0.3, 0.4) is 0 Å². The van der Waals surface area contributed by atoms with Crippen molar-refractivity contribution in [2.75, 3.05) is 23.8 Å². The number of benzene rings is 1. The molecule has 1 aromatic carbocycles. The number of ether oxygens (including phenoxy) is 2. The number of fused-ring (bicyclic) bond motifs is 7. The summed E-state index contributed by atoms with van der Waals surface area (Å²) in [5.74, 6) is -4.02. The molecule has 11 atom stereocenters. The van der Waals surface area contributed by atoms with Crippen LogP contribution in [0.5, 0.6) is 0 Å². The number of aliphatic hydroxyl groups excluding tert-OH is 2. The van der Waals surface area contributed by atoms with Crippen LogP contribution in [0, 0.1) is 22.7 Å². The highest BCUT2D eigenvalue weighted by molar-refractivity contribution is 6.13. The summed E-state index contributed by atoms with van der Waals surface area (Å²) in [7, 11) is 0. The van der Waals surface area contributed by atoms with Gasteiger partial charge in [-0.1, -0.05) is 30.7 Å². The number of hydrogen-bond acceptors (Lipinski definition) is 13. The first-order valence-corrected chi connectivity index (χ1v) is 21.9. The number of imide groups is 1. The molecule has 17 nitrogen and oxygen atoms in total. The molecule has 3 heterocycles. The van der Waals surface area contributed by atoms with E-state index in [9.17, 15) is 43.8 Å². The van der Waals surface area contributed by atoms with E-state index in [1.165, 1.54) is 26.0 Å². The van der Waals surface area contributed by atoms with Crippen LogP contribution in [0.2, 0.25) is 0 Å². The summed E-state index contributed by atoms with van der Waals surface area (Å²) in [6, 6.07) is 8.54. The van der Waals surface area contributed by atoms with Gasteiger partial charge in [0.1, 0.15) is 24.5 Å². The number of anilines is 2. The Balaban J connectivity index is 0.835. The van der Waals surface area contributed by atoms with Crippen molar-refractivity contribution in [1.82, 2.24) is 20.5 Å². The summed E-state index contributed by atoms with van der Waals surface area (Å²) in [4.78, 5) is 92.8. The van der Waals surface area contributed by atoms with Crippen molar-refractivity contribution in [2.45, 2.75) is 108 Å². The monoisotopic (exact) mass is 896 g/mol. The number of Topliss-reactive ketones (excluding diaryl/α,β-unsaturated/α-hetero) is 1. The molecule has 1 unspecified atom stereocenters. The lowest BCUT2D eigenvalue weighted by molar-refractivity contribution is -0.231. The topological polar surface area (TPSA) is 243 Å². The van der Waals surface area contributed by atoms with Gasteiger partial charge in [0.05, 0.1) is 12.2 Å². The number of carbonyl (C=O) groups is 7. The van der Waals surface area contributed by atoms with Crippen molar-refractivity contribution in [3.05, 3.63) is 89.7 Å². The molecule has 344 valence electrons. The number of ketones is 2. The zero-order chi connectivity index (χ0) is 46.6. The summed E-state index contributed by atoms with van der Waals surface area (Å²) in [6.07, 6.45) is 5.72. The second kappa shape index (κ2) is 17.1. The molecule has 2 aromatic rings. The minimum atomic E-state index is -2.10. The van der Waals surface area contributed by atoms with Crippen LogP contribution in [0.15, 0.2) is 78.5 Å². The molecule has 0 spiro atoms. The molecule has 3 saturated carbocycles. The molecule has 8 rings (SSSR count). The smallest absolute Gasteiger partial charge is 0.253 e. The van der Waals surface area contributed by atoms with Gasteiger partial charge in [-0.3, -0.25) is 38.5 Å². The van der Waals surface area contributed by atoms with E-state index in [2.05, 4.69) is 26.3 Å². The number of rotatable bonds is 14. The van der Waals surface area contributed by atoms with E-state index in [-0.39, 0.29) is 31.6 Å². The lowest BCUT2D eigenvalue weighted by Crippen LogP contribution is -2.69. The van der Waals surface area contributed by atoms with Crippen molar-refractivity contribution in [2.24, 2.45) is 22.7 Å². The predicted octanol–water partition coefficient (Wildman–Crippen LogP) is 2.65. The van der Waals surface area contributed by atoms with E-state index >= 15 is 4.39 Å². The number of alkyl halides is 1. The van der Waals surface area contributed by atoms with E-state index in [0.717, 1.165) is 22.6 Å². The van der Waals surface area contributed by atoms with Crippen LogP contribution in [0.25, 0.3) is 0 Å². The number of allylic oxidation sites excluding steroid dienone is 4. The van der Waals surface area contributed by atoms with Crippen molar-refractivity contribution < 1.29 is 57.6 Å². The van der Waals surface area contributed by atoms with Gasteiger partial charge in [0.2, 0.25) is 17.7 Å². The second-order valence-corrected chi connectivity index (χ2v) is 18.3. The highest BCUT2D eigenvalue weighted by Crippen LogP contribution is 2.72. The zero-order valence-electron chi connectivity index (χ0n) is 36.5. The van der Waals surface area contributed by atoms with Gasteiger partial charge < -0.3 is 41.0 Å². The fourth-order valence-corrected chi connectivity index (χ4v) is 11.2. The highest BCUT2D eigenvalue weighted by atomic mass is 19.1. The highest BCUT2D eigenvalue weighted by Gasteiger charge is 2.79. The molecule has 18 heteroatoms. The van der Waals surface area contributed by atoms with Gasteiger partial charge in [-0.15, -0.1) is 0 Å². The third-order valence-electron chi connectivity index (χ3n) is 14.7. The molecular formula is C47H53FN6O11. The lowest BCUT2D eigenvalue weighted by atomic mass is 9.44. The maximum atomic E-state index is 17.7. The Morgan fingerprint density at radius 3 is 2.34 bits per heavy atom. The van der Waals surface area contributed by atoms with Crippen LogP contribution in [-0.4, -0.2) is 110 Å². The number of aromatic nitrogens is 1. The summed E-state index contributed by atoms with van der Waals surface area (Å²) in [6.45, 7) is 5.93. The molecule has 6 N–H and O–H groups in total. The number of amides is 5. The largest absolute Gasteiger partial charge is 0.390 e. The Kier molecular flexibility index (Phi) is 12.0. The van der Waals surface area contributed by atoms with E-state index in [1.807, 2.05) is 6.92 Å². The lowest BCUT2D eigenvalue weighted by Gasteiger charge is -2.62. The fourth-order valence-electron chi connectivity index (χ4n) is 11.2. The molecule has 0 radical (unpaired) electrons. The standard InChI is InChI=1S/C47H53FN6O11/c1-25(51-38(59)16-18-54-39(60)13-14-40(54)61)41(62)52-26(2)42(63)53-30-9-5-27(6-10-30)22-49-37-12-7-28(23-50-37)43-64-36-20-33-32-11-8-29-19-31(56)15-17-44(29,3)46(32,48)34(57)21-45(33,4)47(36,65-43)35(58)24-55/h5-7,9-10,12-15,17,19,23,25-26,32-34,36,43,55,57H,8,11,16,18,20-22,24H2,1-4H3,(H,49,50)(H,51,59)(H,52,62)(H,53,63)/t25-,26-,32?,33-,34-,36+,43+,44-,45-,46-,47+/m0/s1. The van der Waals surface area contributed by atoms with Crippen LogP contribution < -0.4 is 21.3 Å². The maximum Gasteiger partial charge on any atom is 0.253 e.